The highest BCUT2D eigenvalue weighted by atomic mass is 127. The smallest absolute Gasteiger partial charge is 0.357 e. The van der Waals surface area contributed by atoms with E-state index in [1.54, 1.807) is 0 Å². The topological polar surface area (TPSA) is 73.8 Å². The average Bonchev–Trinajstić information content (AvgIpc) is 2.51. The number of aliphatic imine (C=N–C) groups is 1. The van der Waals surface area contributed by atoms with Crippen LogP contribution in [0.5, 0.6) is 0 Å². The second kappa shape index (κ2) is 11.5. The van der Waals surface area contributed by atoms with Crippen LogP contribution >= 0.6 is 24.0 Å². The molecule has 1 fully saturated rings. The van der Waals surface area contributed by atoms with E-state index in [-0.39, 0.29) is 43.1 Å². The summed E-state index contributed by atoms with van der Waals surface area (Å²) in [6, 6.07) is -0.0948. The third kappa shape index (κ3) is 8.15. The molecule has 0 saturated carbocycles. The minimum Gasteiger partial charge on any atom is -0.357 e. The normalized spacial score (nSPS) is 17.9. The molecule has 1 heterocycles. The maximum atomic E-state index is 12.6. The molecular weight excluding hydrogens is 484 g/mol. The van der Waals surface area contributed by atoms with Crippen LogP contribution in [0.1, 0.15) is 46.5 Å². The van der Waals surface area contributed by atoms with Gasteiger partial charge in [0.2, 0.25) is 0 Å². The van der Waals surface area contributed by atoms with Gasteiger partial charge in [-0.3, -0.25) is 4.99 Å². The van der Waals surface area contributed by atoms with Crippen LogP contribution in [-0.2, 0) is 10.0 Å². The lowest BCUT2D eigenvalue weighted by Crippen LogP contribution is -2.51. The number of halogens is 4. The summed E-state index contributed by atoms with van der Waals surface area (Å²) in [5.74, 6) is 1.24. The minimum absolute atomic E-state index is 0. The van der Waals surface area contributed by atoms with Crippen LogP contribution in [0.25, 0.3) is 0 Å². The molecule has 2 N–H and O–H groups in total. The molecule has 1 aliphatic heterocycles. The number of rotatable bonds is 7. The molecule has 156 valence electrons. The number of nitrogens with one attached hydrogen (secondary N) is 2. The van der Waals surface area contributed by atoms with E-state index in [2.05, 4.69) is 29.5 Å². The first-order chi connectivity index (χ1) is 11.6. The quantitative estimate of drug-likeness (QED) is 0.237. The highest BCUT2D eigenvalue weighted by molar-refractivity contribution is 14.0. The molecule has 26 heavy (non-hydrogen) atoms. The Balaban J connectivity index is 0.00000625. The molecule has 1 saturated heterocycles. The van der Waals surface area contributed by atoms with E-state index in [1.165, 1.54) is 0 Å². The summed E-state index contributed by atoms with van der Waals surface area (Å²) < 4.78 is 61.1. The first-order valence-corrected chi connectivity index (χ1v) is 10.1. The Kier molecular flexibility index (Phi) is 11.4. The molecule has 0 unspecified atom stereocenters. The Labute approximate surface area is 171 Å². The molecule has 0 spiro atoms. The fourth-order valence-corrected chi connectivity index (χ4v) is 3.57. The fourth-order valence-electron chi connectivity index (χ4n) is 2.59. The predicted octanol–water partition coefficient (Wildman–Crippen LogP) is 2.91. The van der Waals surface area contributed by atoms with E-state index < -0.39 is 15.5 Å². The molecule has 0 bridgehead atoms. The maximum absolute atomic E-state index is 12.6. The van der Waals surface area contributed by atoms with Crippen molar-refractivity contribution in [1.82, 2.24) is 14.9 Å². The zero-order valence-corrected chi connectivity index (χ0v) is 18.6. The van der Waals surface area contributed by atoms with Gasteiger partial charge in [0.05, 0.1) is 0 Å². The summed E-state index contributed by atoms with van der Waals surface area (Å²) in [6.45, 7) is 7.29. The van der Waals surface area contributed by atoms with Crippen LogP contribution in [0.2, 0.25) is 0 Å². The highest BCUT2D eigenvalue weighted by Gasteiger charge is 2.50. The Hall–Kier alpha value is -0.300. The first kappa shape index (κ1) is 25.7. The Morgan fingerprint density at radius 3 is 2.31 bits per heavy atom. The van der Waals surface area contributed by atoms with Gasteiger partial charge in [-0.05, 0) is 38.5 Å². The summed E-state index contributed by atoms with van der Waals surface area (Å²) in [5, 5.41) is 6.30. The van der Waals surface area contributed by atoms with Gasteiger partial charge in [0, 0.05) is 32.2 Å². The van der Waals surface area contributed by atoms with Crippen molar-refractivity contribution in [2.45, 2.75) is 58.0 Å². The molecule has 0 radical (unpaired) electrons. The van der Waals surface area contributed by atoms with Gasteiger partial charge in [-0.2, -0.15) is 17.5 Å². The number of hydrogen-bond donors (Lipinski definition) is 2. The van der Waals surface area contributed by atoms with E-state index in [0.29, 0.717) is 42.1 Å². The predicted molar refractivity (Wildman–Crippen MR) is 108 cm³/mol. The SMILES string of the molecule is CCNC(=NCCCC(C)C)NC1CCN(S(=O)(=O)C(F)(F)F)CC1.I. The van der Waals surface area contributed by atoms with Crippen molar-refractivity contribution in [3.8, 4) is 0 Å². The van der Waals surface area contributed by atoms with Crippen molar-refractivity contribution in [1.29, 1.82) is 0 Å². The van der Waals surface area contributed by atoms with Crippen LogP contribution in [-0.4, -0.2) is 56.4 Å². The lowest BCUT2D eigenvalue weighted by molar-refractivity contribution is -0.0494. The largest absolute Gasteiger partial charge is 0.511 e. The first-order valence-electron chi connectivity index (χ1n) is 8.69. The Morgan fingerprint density at radius 2 is 1.85 bits per heavy atom. The van der Waals surface area contributed by atoms with Crippen LogP contribution in [0, 0.1) is 5.92 Å². The van der Waals surface area contributed by atoms with E-state index in [0.717, 1.165) is 12.8 Å². The number of nitrogens with zero attached hydrogens (tertiary/aromatic N) is 2. The van der Waals surface area contributed by atoms with Gasteiger partial charge in [0.1, 0.15) is 0 Å². The molecular formula is C15H30F3IN4O2S. The molecule has 0 aromatic carbocycles. The lowest BCUT2D eigenvalue weighted by atomic mass is 10.1. The number of sulfonamides is 1. The Bertz CT molecular complexity index is 533. The van der Waals surface area contributed by atoms with Gasteiger partial charge in [-0.25, -0.2) is 8.42 Å². The summed E-state index contributed by atoms with van der Waals surface area (Å²) in [5.41, 5.74) is -5.24. The maximum Gasteiger partial charge on any atom is 0.511 e. The second-order valence-corrected chi connectivity index (χ2v) is 8.49. The van der Waals surface area contributed by atoms with Crippen molar-refractivity contribution < 1.29 is 21.6 Å². The van der Waals surface area contributed by atoms with Gasteiger partial charge < -0.3 is 10.6 Å². The molecule has 0 aromatic rings. The Morgan fingerprint density at radius 1 is 1.27 bits per heavy atom. The standard InChI is InChI=1S/C15H29F3N4O2S.HI/c1-4-19-14(20-9-5-6-12(2)3)21-13-7-10-22(11-8-13)25(23,24)15(16,17)18;/h12-13H,4-11H2,1-3H3,(H2,19,20,21);1H. The molecule has 0 atom stereocenters. The summed E-state index contributed by atoms with van der Waals surface area (Å²) in [4.78, 5) is 4.47. The van der Waals surface area contributed by atoms with E-state index in [1.807, 2.05) is 6.92 Å². The lowest BCUT2D eigenvalue weighted by Gasteiger charge is -2.32. The van der Waals surface area contributed by atoms with Crippen LogP contribution < -0.4 is 10.6 Å². The minimum atomic E-state index is -5.24. The van der Waals surface area contributed by atoms with Crippen molar-refractivity contribution in [2.75, 3.05) is 26.2 Å². The highest BCUT2D eigenvalue weighted by Crippen LogP contribution is 2.28. The summed E-state index contributed by atoms with van der Waals surface area (Å²) >= 11 is 0. The third-order valence-electron chi connectivity index (χ3n) is 3.98. The summed E-state index contributed by atoms with van der Waals surface area (Å²) in [7, 11) is -5.23. The fraction of sp³-hybridized carbons (Fsp3) is 0.933. The second-order valence-electron chi connectivity index (χ2n) is 6.57. The molecule has 1 rings (SSSR count). The molecule has 0 aromatic heterocycles. The van der Waals surface area contributed by atoms with Gasteiger partial charge in [0.15, 0.2) is 5.96 Å². The van der Waals surface area contributed by atoms with Gasteiger partial charge in [-0.1, -0.05) is 13.8 Å². The van der Waals surface area contributed by atoms with Crippen LogP contribution in [0.15, 0.2) is 4.99 Å². The number of piperidine rings is 1. The zero-order chi connectivity index (χ0) is 19.1. The van der Waals surface area contributed by atoms with E-state index in [9.17, 15) is 21.6 Å². The van der Waals surface area contributed by atoms with Crippen molar-refractivity contribution >= 4 is 40.0 Å². The molecule has 0 amide bonds. The van der Waals surface area contributed by atoms with Gasteiger partial charge in [0.25, 0.3) is 0 Å². The van der Waals surface area contributed by atoms with Gasteiger partial charge in [-0.15, -0.1) is 24.0 Å². The zero-order valence-electron chi connectivity index (χ0n) is 15.5. The monoisotopic (exact) mass is 514 g/mol. The van der Waals surface area contributed by atoms with Crippen LogP contribution in [0.4, 0.5) is 13.2 Å². The molecule has 11 heteroatoms. The molecule has 1 aliphatic rings. The summed E-state index contributed by atoms with van der Waals surface area (Å²) in [6.07, 6.45) is 2.67. The molecule has 0 aliphatic carbocycles. The van der Waals surface area contributed by atoms with E-state index in [4.69, 9.17) is 0 Å². The van der Waals surface area contributed by atoms with Gasteiger partial charge >= 0.3 is 15.5 Å². The molecule has 6 nitrogen and oxygen atoms in total. The number of hydrogen-bond acceptors (Lipinski definition) is 3. The van der Waals surface area contributed by atoms with E-state index >= 15 is 0 Å². The number of guanidine groups is 1. The third-order valence-corrected chi connectivity index (χ3v) is 5.61. The van der Waals surface area contributed by atoms with Crippen LogP contribution in [0.3, 0.4) is 0 Å². The average molecular weight is 514 g/mol. The van der Waals surface area contributed by atoms with Crippen molar-refractivity contribution in [2.24, 2.45) is 10.9 Å². The van der Waals surface area contributed by atoms with Crippen molar-refractivity contribution in [3.63, 3.8) is 0 Å². The number of alkyl halides is 3. The van der Waals surface area contributed by atoms with Crippen molar-refractivity contribution in [3.05, 3.63) is 0 Å².